The molecule has 9 heteroatoms. The summed E-state index contributed by atoms with van der Waals surface area (Å²) in [7, 11) is 0. The summed E-state index contributed by atoms with van der Waals surface area (Å²) in [4.78, 5) is 47.1. The van der Waals surface area contributed by atoms with E-state index in [1.165, 1.54) is 25.3 Å². The monoisotopic (exact) mass is 311 g/mol. The molecule has 1 saturated heterocycles. The number of thiophene rings is 1. The van der Waals surface area contributed by atoms with Crippen LogP contribution in [0, 0.1) is 0 Å². The van der Waals surface area contributed by atoms with Crippen LogP contribution < -0.4 is 10.6 Å². The van der Waals surface area contributed by atoms with Gasteiger partial charge in [-0.25, -0.2) is 9.59 Å². The van der Waals surface area contributed by atoms with Crippen LogP contribution >= 0.6 is 11.3 Å². The van der Waals surface area contributed by atoms with E-state index in [2.05, 4.69) is 10.6 Å². The van der Waals surface area contributed by atoms with Crippen molar-refractivity contribution in [3.63, 3.8) is 0 Å². The van der Waals surface area contributed by atoms with Crippen LogP contribution in [0.1, 0.15) is 24.2 Å². The lowest BCUT2D eigenvalue weighted by Crippen LogP contribution is -2.41. The molecule has 8 nitrogen and oxygen atoms in total. The molecule has 0 bridgehead atoms. The van der Waals surface area contributed by atoms with Gasteiger partial charge in [-0.05, 0) is 25.3 Å². The van der Waals surface area contributed by atoms with Crippen molar-refractivity contribution in [2.75, 3.05) is 11.9 Å². The van der Waals surface area contributed by atoms with Gasteiger partial charge in [-0.15, -0.1) is 11.3 Å². The minimum atomic E-state index is -1.16. The number of amides is 4. The maximum atomic E-state index is 11.9. The van der Waals surface area contributed by atoms with Crippen LogP contribution in [0.25, 0.3) is 0 Å². The molecule has 1 aliphatic rings. The predicted octanol–water partition coefficient (Wildman–Crippen LogP) is 0.715. The van der Waals surface area contributed by atoms with Gasteiger partial charge in [-0.2, -0.15) is 0 Å². The smallest absolute Gasteiger partial charge is 0.338 e. The number of hydrogen-bond acceptors (Lipinski definition) is 5. The van der Waals surface area contributed by atoms with Crippen LogP contribution in [0.5, 0.6) is 0 Å². The Labute approximate surface area is 123 Å². The number of anilines is 1. The fourth-order valence-corrected chi connectivity index (χ4v) is 2.64. The van der Waals surface area contributed by atoms with Crippen molar-refractivity contribution in [3.8, 4) is 0 Å². The highest BCUT2D eigenvalue weighted by Gasteiger charge is 2.44. The number of carbonyl (C=O) groups excluding carboxylic acids is 3. The van der Waals surface area contributed by atoms with Gasteiger partial charge >= 0.3 is 12.0 Å². The standard InChI is InChI=1S/C12H13N3O5S/c1-12(2)10(19)15(11(20)14-12)5-7(16)13-8-6(9(17)18)3-4-21-8/h3-4H,5H2,1-2H3,(H,13,16)(H,14,20)(H,17,18). The summed E-state index contributed by atoms with van der Waals surface area (Å²) >= 11 is 1.05. The van der Waals surface area contributed by atoms with Gasteiger partial charge in [0.05, 0.1) is 5.56 Å². The van der Waals surface area contributed by atoms with Gasteiger partial charge in [-0.1, -0.05) is 0 Å². The van der Waals surface area contributed by atoms with Gasteiger partial charge in [-0.3, -0.25) is 14.5 Å². The van der Waals surface area contributed by atoms with Crippen LogP contribution in [-0.4, -0.2) is 45.9 Å². The molecule has 4 amide bonds. The van der Waals surface area contributed by atoms with Crippen molar-refractivity contribution in [1.29, 1.82) is 0 Å². The van der Waals surface area contributed by atoms with Crippen molar-refractivity contribution < 1.29 is 24.3 Å². The molecule has 2 heterocycles. The third kappa shape index (κ3) is 2.87. The van der Waals surface area contributed by atoms with Gasteiger partial charge in [0.1, 0.15) is 17.1 Å². The number of hydrogen-bond donors (Lipinski definition) is 3. The molecule has 3 N–H and O–H groups in total. The van der Waals surface area contributed by atoms with E-state index < -0.39 is 35.9 Å². The number of carboxylic acids is 1. The highest BCUT2D eigenvalue weighted by atomic mass is 32.1. The molecule has 21 heavy (non-hydrogen) atoms. The average molecular weight is 311 g/mol. The first-order valence-corrected chi connectivity index (χ1v) is 6.85. The van der Waals surface area contributed by atoms with Gasteiger partial charge in [0.15, 0.2) is 0 Å². The second kappa shape index (κ2) is 5.17. The Morgan fingerprint density at radius 3 is 2.62 bits per heavy atom. The van der Waals surface area contributed by atoms with Crippen molar-refractivity contribution in [3.05, 3.63) is 17.0 Å². The number of carboxylic acid groups (broad SMARTS) is 1. The molecule has 112 valence electrons. The number of rotatable bonds is 4. The molecule has 0 atom stereocenters. The molecule has 1 aromatic heterocycles. The molecule has 0 spiro atoms. The maximum absolute atomic E-state index is 11.9. The Hall–Kier alpha value is -2.42. The molecular weight excluding hydrogens is 298 g/mol. The highest BCUT2D eigenvalue weighted by Crippen LogP contribution is 2.23. The Morgan fingerprint density at radius 1 is 1.43 bits per heavy atom. The number of aromatic carboxylic acids is 1. The SMILES string of the molecule is CC1(C)NC(=O)N(CC(=O)Nc2sccc2C(=O)O)C1=O. The zero-order valence-electron chi connectivity index (χ0n) is 11.3. The molecule has 2 rings (SSSR count). The summed E-state index contributed by atoms with van der Waals surface area (Å²) in [6.45, 7) is 2.60. The van der Waals surface area contributed by atoms with E-state index in [4.69, 9.17) is 5.11 Å². The molecule has 1 aromatic rings. The van der Waals surface area contributed by atoms with Crippen molar-refractivity contribution in [2.45, 2.75) is 19.4 Å². The van der Waals surface area contributed by atoms with Crippen LogP contribution in [0.4, 0.5) is 9.80 Å². The first kappa shape index (κ1) is 15.0. The van der Waals surface area contributed by atoms with E-state index in [1.807, 2.05) is 0 Å². The van der Waals surface area contributed by atoms with Crippen molar-refractivity contribution in [1.82, 2.24) is 10.2 Å². The number of nitrogens with zero attached hydrogens (tertiary/aromatic N) is 1. The lowest BCUT2D eigenvalue weighted by molar-refractivity contribution is -0.132. The Kier molecular flexibility index (Phi) is 3.69. The second-order valence-corrected chi connectivity index (χ2v) is 5.88. The third-order valence-corrected chi connectivity index (χ3v) is 3.72. The maximum Gasteiger partial charge on any atom is 0.338 e. The zero-order valence-corrected chi connectivity index (χ0v) is 12.1. The van der Waals surface area contributed by atoms with E-state index >= 15 is 0 Å². The number of imide groups is 1. The van der Waals surface area contributed by atoms with Gasteiger partial charge in [0, 0.05) is 0 Å². The average Bonchev–Trinajstić information content (AvgIpc) is 2.88. The van der Waals surface area contributed by atoms with Gasteiger partial charge in [0.2, 0.25) is 5.91 Å². The minimum Gasteiger partial charge on any atom is -0.478 e. The summed E-state index contributed by atoms with van der Waals surface area (Å²) in [5.41, 5.74) is -1.09. The van der Waals surface area contributed by atoms with E-state index in [1.54, 1.807) is 0 Å². The highest BCUT2D eigenvalue weighted by molar-refractivity contribution is 7.14. The van der Waals surface area contributed by atoms with E-state index in [0.29, 0.717) is 0 Å². The van der Waals surface area contributed by atoms with Crippen LogP contribution in [-0.2, 0) is 9.59 Å². The topological polar surface area (TPSA) is 116 Å². The molecule has 0 radical (unpaired) electrons. The third-order valence-electron chi connectivity index (χ3n) is 2.89. The second-order valence-electron chi connectivity index (χ2n) is 4.96. The largest absolute Gasteiger partial charge is 0.478 e. The van der Waals surface area contributed by atoms with Crippen LogP contribution in [0.3, 0.4) is 0 Å². The lowest BCUT2D eigenvalue weighted by atomic mass is 10.1. The normalized spacial score (nSPS) is 16.8. The Bertz CT molecular complexity index is 637. The molecule has 1 aliphatic heterocycles. The molecule has 0 aromatic carbocycles. The Morgan fingerprint density at radius 2 is 2.10 bits per heavy atom. The molecular formula is C12H13N3O5S. The van der Waals surface area contributed by atoms with Gasteiger partial charge < -0.3 is 15.7 Å². The zero-order chi connectivity index (χ0) is 15.8. The van der Waals surface area contributed by atoms with Crippen molar-refractivity contribution in [2.24, 2.45) is 0 Å². The summed E-state index contributed by atoms with van der Waals surface area (Å²) in [6.07, 6.45) is 0. The predicted molar refractivity (Wildman–Crippen MR) is 74.2 cm³/mol. The summed E-state index contributed by atoms with van der Waals surface area (Å²) < 4.78 is 0. The fraction of sp³-hybridized carbons (Fsp3) is 0.333. The molecule has 1 fully saturated rings. The first-order chi connectivity index (χ1) is 9.72. The summed E-state index contributed by atoms with van der Waals surface area (Å²) in [5.74, 6) is -2.31. The number of carbonyl (C=O) groups is 4. The molecule has 0 saturated carbocycles. The summed E-state index contributed by atoms with van der Waals surface area (Å²) in [6, 6.07) is 0.712. The Balaban J connectivity index is 2.06. The quantitative estimate of drug-likeness (QED) is 0.708. The number of nitrogens with one attached hydrogen (secondary N) is 2. The minimum absolute atomic E-state index is 0.0362. The van der Waals surface area contributed by atoms with Gasteiger partial charge in [0.25, 0.3) is 5.91 Å². The van der Waals surface area contributed by atoms with Crippen LogP contribution in [0.15, 0.2) is 11.4 Å². The summed E-state index contributed by atoms with van der Waals surface area (Å²) in [5, 5.41) is 15.5. The molecule has 0 unspecified atom stereocenters. The van der Waals surface area contributed by atoms with E-state index in [9.17, 15) is 19.2 Å². The lowest BCUT2D eigenvalue weighted by Gasteiger charge is -2.15. The van der Waals surface area contributed by atoms with Crippen molar-refractivity contribution >= 4 is 40.2 Å². The van der Waals surface area contributed by atoms with Crippen LogP contribution in [0.2, 0.25) is 0 Å². The molecule has 0 aliphatic carbocycles. The van der Waals surface area contributed by atoms with E-state index in [0.717, 1.165) is 16.2 Å². The number of urea groups is 1. The fourth-order valence-electron chi connectivity index (χ4n) is 1.85. The first-order valence-electron chi connectivity index (χ1n) is 5.97. The van der Waals surface area contributed by atoms with E-state index in [-0.39, 0.29) is 10.6 Å².